The second kappa shape index (κ2) is 6.10. The molecule has 2 aromatic heterocycles. The molecule has 3 heterocycles. The molecule has 1 atom stereocenters. The van der Waals surface area contributed by atoms with E-state index in [1.54, 1.807) is 7.11 Å². The molecule has 1 unspecified atom stereocenters. The first-order valence-electron chi connectivity index (χ1n) is 9.01. The number of H-pyrrole nitrogens is 2. The van der Waals surface area contributed by atoms with E-state index in [4.69, 9.17) is 9.73 Å². The number of hydrogen-bond acceptors (Lipinski definition) is 2. The lowest BCUT2D eigenvalue weighted by Gasteiger charge is -2.21. The minimum absolute atomic E-state index is 0.586. The monoisotopic (exact) mass is 335 g/mol. The van der Waals surface area contributed by atoms with Gasteiger partial charge in [-0.2, -0.15) is 0 Å². The van der Waals surface area contributed by atoms with E-state index >= 15 is 0 Å². The van der Waals surface area contributed by atoms with Crippen LogP contribution in [-0.2, 0) is 11.2 Å². The number of ether oxygens (including phenoxy) is 1. The quantitative estimate of drug-likeness (QED) is 0.827. The number of aromatic amines is 2. The van der Waals surface area contributed by atoms with E-state index in [0.29, 0.717) is 5.92 Å². The van der Waals surface area contributed by atoms with Crippen LogP contribution < -0.4 is 0 Å². The van der Waals surface area contributed by atoms with E-state index in [2.05, 4.69) is 30.7 Å². The van der Waals surface area contributed by atoms with Crippen LogP contribution in [0.1, 0.15) is 60.8 Å². The van der Waals surface area contributed by atoms with Gasteiger partial charge in [0.05, 0.1) is 18.5 Å². The molecule has 0 radical (unpaired) electrons. The number of aryl methyl sites for hydroxylation is 1. The minimum atomic E-state index is 0.586. The van der Waals surface area contributed by atoms with E-state index in [-0.39, 0.29) is 0 Å². The molecular formula is C21H25N3O. The summed E-state index contributed by atoms with van der Waals surface area (Å²) in [7, 11) is 1.71. The van der Waals surface area contributed by atoms with Crippen LogP contribution in [0.2, 0.25) is 0 Å². The molecule has 0 fully saturated rings. The molecule has 0 aromatic carbocycles. The summed E-state index contributed by atoms with van der Waals surface area (Å²) < 4.78 is 5.63. The lowest BCUT2D eigenvalue weighted by atomic mass is 9.83. The van der Waals surface area contributed by atoms with Crippen molar-refractivity contribution in [3.63, 3.8) is 0 Å². The van der Waals surface area contributed by atoms with Gasteiger partial charge in [0.25, 0.3) is 0 Å². The lowest BCUT2D eigenvalue weighted by molar-refractivity contribution is 0.302. The standard InChI is InChI=1S/C21H25N3O/c1-12-7-5-8-15-14(3)23-21(19(12)15)13(2)20-18(25-4)11-17(24-20)16-9-6-10-22-16/h6,9-12,22-23H,5,7-8H2,1-4H3/b20-13-. The molecule has 25 heavy (non-hydrogen) atoms. The maximum Gasteiger partial charge on any atom is 0.147 e. The number of allylic oxidation sites excluding steroid dienone is 2. The molecule has 0 bridgehead atoms. The number of nitrogens with one attached hydrogen (secondary N) is 2. The van der Waals surface area contributed by atoms with Gasteiger partial charge in [0.2, 0.25) is 0 Å². The first-order valence-corrected chi connectivity index (χ1v) is 9.01. The number of nitrogens with zero attached hydrogens (tertiary/aromatic N) is 1. The first kappa shape index (κ1) is 16.0. The normalized spacial score (nSPS) is 21.7. The summed E-state index contributed by atoms with van der Waals surface area (Å²) in [5.41, 5.74) is 9.52. The first-order chi connectivity index (χ1) is 12.1. The van der Waals surface area contributed by atoms with Gasteiger partial charge in [-0.05, 0) is 62.3 Å². The number of aromatic nitrogens is 2. The van der Waals surface area contributed by atoms with Crippen molar-refractivity contribution in [1.29, 1.82) is 0 Å². The van der Waals surface area contributed by atoms with Crippen LogP contribution in [0, 0.1) is 6.92 Å². The highest BCUT2D eigenvalue weighted by atomic mass is 16.5. The highest BCUT2D eigenvalue weighted by molar-refractivity contribution is 6.11. The second-order valence-electron chi connectivity index (χ2n) is 7.08. The van der Waals surface area contributed by atoms with Crippen LogP contribution in [0.3, 0.4) is 0 Å². The second-order valence-corrected chi connectivity index (χ2v) is 7.08. The van der Waals surface area contributed by atoms with Crippen LogP contribution in [-0.4, -0.2) is 22.8 Å². The predicted molar refractivity (Wildman–Crippen MR) is 102 cm³/mol. The summed E-state index contributed by atoms with van der Waals surface area (Å²) in [4.78, 5) is 11.7. The van der Waals surface area contributed by atoms with Gasteiger partial charge >= 0.3 is 0 Å². The van der Waals surface area contributed by atoms with Gasteiger partial charge in [0.15, 0.2) is 0 Å². The van der Waals surface area contributed by atoms with Gasteiger partial charge in [-0.3, -0.25) is 0 Å². The average Bonchev–Trinajstić information content (AvgIpc) is 3.33. The summed E-state index contributed by atoms with van der Waals surface area (Å²) in [5, 5.41) is 0. The SMILES string of the molecule is COC1=CC(c2ccc[nH]2)=N/C1=C(/C)c1[nH]c(C)c2c1C(C)CCC2. The molecule has 0 saturated heterocycles. The van der Waals surface area contributed by atoms with E-state index in [1.807, 2.05) is 24.4 Å². The van der Waals surface area contributed by atoms with Crippen molar-refractivity contribution >= 4 is 11.3 Å². The fourth-order valence-electron chi connectivity index (χ4n) is 4.14. The summed E-state index contributed by atoms with van der Waals surface area (Å²) in [6.45, 7) is 6.67. The molecular weight excluding hydrogens is 310 g/mol. The highest BCUT2D eigenvalue weighted by Crippen LogP contribution is 2.40. The smallest absolute Gasteiger partial charge is 0.147 e. The van der Waals surface area contributed by atoms with Crippen molar-refractivity contribution in [2.45, 2.75) is 46.0 Å². The molecule has 0 amide bonds. The molecule has 4 heteroatoms. The van der Waals surface area contributed by atoms with Crippen molar-refractivity contribution in [2.75, 3.05) is 7.11 Å². The Morgan fingerprint density at radius 1 is 1.36 bits per heavy atom. The van der Waals surface area contributed by atoms with E-state index in [9.17, 15) is 0 Å². The van der Waals surface area contributed by atoms with Gasteiger partial charge < -0.3 is 14.7 Å². The summed E-state index contributed by atoms with van der Waals surface area (Å²) in [6.07, 6.45) is 7.63. The maximum absolute atomic E-state index is 5.63. The fraction of sp³-hybridized carbons (Fsp3) is 0.381. The Kier molecular flexibility index (Phi) is 3.91. The predicted octanol–water partition coefficient (Wildman–Crippen LogP) is 4.86. The Morgan fingerprint density at radius 3 is 2.92 bits per heavy atom. The molecule has 1 aliphatic carbocycles. The third-order valence-corrected chi connectivity index (χ3v) is 5.47. The molecule has 4 rings (SSSR count). The van der Waals surface area contributed by atoms with Crippen LogP contribution in [0.25, 0.3) is 5.57 Å². The van der Waals surface area contributed by atoms with Gasteiger partial charge in [0, 0.05) is 29.2 Å². The molecule has 2 aliphatic rings. The average molecular weight is 335 g/mol. The Hall–Kier alpha value is -2.49. The summed E-state index contributed by atoms with van der Waals surface area (Å²) >= 11 is 0. The molecule has 4 nitrogen and oxygen atoms in total. The molecule has 2 aromatic rings. The summed E-state index contributed by atoms with van der Waals surface area (Å²) in [6, 6.07) is 4.02. The van der Waals surface area contributed by atoms with Crippen molar-refractivity contribution in [3.8, 4) is 0 Å². The maximum atomic E-state index is 5.63. The Labute approximate surface area is 148 Å². The van der Waals surface area contributed by atoms with Crippen LogP contribution in [0.5, 0.6) is 0 Å². The zero-order chi connectivity index (χ0) is 17.6. The molecule has 130 valence electrons. The van der Waals surface area contributed by atoms with Gasteiger partial charge in [-0.25, -0.2) is 4.99 Å². The third-order valence-electron chi connectivity index (χ3n) is 5.47. The van der Waals surface area contributed by atoms with E-state index in [1.165, 1.54) is 41.8 Å². The van der Waals surface area contributed by atoms with Crippen molar-refractivity contribution in [1.82, 2.24) is 9.97 Å². The highest BCUT2D eigenvalue weighted by Gasteiger charge is 2.27. The number of fused-ring (bicyclic) bond motifs is 1. The van der Waals surface area contributed by atoms with Gasteiger partial charge in [-0.1, -0.05) is 6.92 Å². The minimum Gasteiger partial charge on any atom is -0.494 e. The Morgan fingerprint density at radius 2 is 2.20 bits per heavy atom. The topological polar surface area (TPSA) is 53.2 Å². The Balaban J connectivity index is 1.85. The van der Waals surface area contributed by atoms with Crippen molar-refractivity contribution < 1.29 is 4.74 Å². The fourth-order valence-corrected chi connectivity index (χ4v) is 4.14. The van der Waals surface area contributed by atoms with Crippen LogP contribution in [0.15, 0.2) is 40.9 Å². The van der Waals surface area contributed by atoms with Crippen molar-refractivity contribution in [3.05, 3.63) is 64.1 Å². The van der Waals surface area contributed by atoms with Gasteiger partial charge in [0.1, 0.15) is 11.5 Å². The van der Waals surface area contributed by atoms with Crippen LogP contribution in [0.4, 0.5) is 0 Å². The lowest BCUT2D eigenvalue weighted by Crippen LogP contribution is -2.07. The number of hydrogen-bond donors (Lipinski definition) is 2. The van der Waals surface area contributed by atoms with Crippen molar-refractivity contribution in [2.24, 2.45) is 4.99 Å². The molecule has 0 spiro atoms. The third kappa shape index (κ3) is 2.56. The van der Waals surface area contributed by atoms with Crippen LogP contribution >= 0.6 is 0 Å². The van der Waals surface area contributed by atoms with E-state index in [0.717, 1.165) is 28.4 Å². The zero-order valence-electron chi connectivity index (χ0n) is 15.4. The van der Waals surface area contributed by atoms with E-state index < -0.39 is 0 Å². The summed E-state index contributed by atoms with van der Waals surface area (Å²) in [5.74, 6) is 1.41. The Bertz CT molecular complexity index is 894. The molecule has 0 saturated carbocycles. The number of methoxy groups -OCH3 is 1. The molecule has 2 N–H and O–H groups in total. The van der Waals surface area contributed by atoms with Gasteiger partial charge in [-0.15, -0.1) is 0 Å². The number of rotatable bonds is 3. The number of aliphatic imine (C=N–C) groups is 1. The molecule has 1 aliphatic heterocycles. The zero-order valence-corrected chi connectivity index (χ0v) is 15.4. The largest absolute Gasteiger partial charge is 0.494 e.